The van der Waals surface area contributed by atoms with Crippen LogP contribution in [0.1, 0.15) is 0 Å². The number of hydrogen-bond acceptors (Lipinski definition) is 1. The predicted molar refractivity (Wildman–Crippen MR) is 212 cm³/mol. The molecule has 1 heterocycles. The topological polar surface area (TPSA) is 8.17 Å². The van der Waals surface area contributed by atoms with Crippen molar-refractivity contribution in [1.82, 2.24) is 4.57 Å². The molecule has 0 aliphatic carbocycles. The molecule has 0 saturated heterocycles. The van der Waals surface area contributed by atoms with Crippen molar-refractivity contribution in [2.75, 3.05) is 4.90 Å². The Hall–Kier alpha value is -6.64. The van der Waals surface area contributed by atoms with Crippen molar-refractivity contribution in [3.63, 3.8) is 0 Å². The van der Waals surface area contributed by atoms with Crippen LogP contribution in [0.2, 0.25) is 0 Å². The summed E-state index contributed by atoms with van der Waals surface area (Å²) in [6, 6.07) is 74.1. The van der Waals surface area contributed by atoms with Gasteiger partial charge in [-0.05, 0) is 76.3 Å². The second-order valence-corrected chi connectivity index (χ2v) is 12.6. The fourth-order valence-electron chi connectivity index (χ4n) is 7.30. The second kappa shape index (κ2) is 12.8. The van der Waals surface area contributed by atoms with Crippen molar-refractivity contribution >= 4 is 38.9 Å². The second-order valence-electron chi connectivity index (χ2n) is 12.6. The summed E-state index contributed by atoms with van der Waals surface area (Å²) in [7, 11) is 0. The van der Waals surface area contributed by atoms with Gasteiger partial charge in [0.05, 0.1) is 16.7 Å². The smallest absolute Gasteiger partial charge is 0.0561 e. The van der Waals surface area contributed by atoms with Crippen molar-refractivity contribution in [3.05, 3.63) is 206 Å². The zero-order chi connectivity index (χ0) is 33.3. The van der Waals surface area contributed by atoms with E-state index < -0.39 is 0 Å². The lowest BCUT2D eigenvalue weighted by Gasteiger charge is -2.29. The Bertz CT molecular complexity index is 2570. The lowest BCUT2D eigenvalue weighted by atomic mass is 9.93. The van der Waals surface area contributed by atoms with Gasteiger partial charge < -0.3 is 9.47 Å². The molecule has 8 aromatic carbocycles. The van der Waals surface area contributed by atoms with Crippen LogP contribution in [0.5, 0.6) is 0 Å². The highest BCUT2D eigenvalue weighted by Gasteiger charge is 2.21. The van der Waals surface area contributed by atoms with Crippen LogP contribution < -0.4 is 4.90 Å². The molecule has 0 spiro atoms. The zero-order valence-corrected chi connectivity index (χ0v) is 27.5. The first kappa shape index (κ1) is 29.5. The largest absolute Gasteiger partial charge is 0.310 e. The summed E-state index contributed by atoms with van der Waals surface area (Å²) in [6.45, 7) is 0. The quantitative estimate of drug-likeness (QED) is 0.169. The molecule has 0 aliphatic rings. The summed E-state index contributed by atoms with van der Waals surface area (Å²) in [5, 5.41) is 2.48. The summed E-state index contributed by atoms with van der Waals surface area (Å²) >= 11 is 0. The van der Waals surface area contributed by atoms with Gasteiger partial charge in [-0.25, -0.2) is 0 Å². The van der Waals surface area contributed by atoms with E-state index in [0.29, 0.717) is 0 Å². The Labute approximate surface area is 292 Å². The number of rotatable bonds is 7. The van der Waals surface area contributed by atoms with E-state index in [0.717, 1.165) is 22.7 Å². The highest BCUT2D eigenvalue weighted by atomic mass is 15.1. The maximum Gasteiger partial charge on any atom is 0.0561 e. The van der Waals surface area contributed by atoms with Gasteiger partial charge in [0.15, 0.2) is 0 Å². The van der Waals surface area contributed by atoms with Crippen molar-refractivity contribution in [1.29, 1.82) is 0 Å². The van der Waals surface area contributed by atoms with Gasteiger partial charge in [0.25, 0.3) is 0 Å². The van der Waals surface area contributed by atoms with E-state index in [4.69, 9.17) is 0 Å². The molecule has 0 bridgehead atoms. The molecule has 9 aromatic rings. The number of anilines is 3. The first-order valence-corrected chi connectivity index (χ1v) is 17.1. The van der Waals surface area contributed by atoms with E-state index in [9.17, 15) is 0 Å². The number of nitrogens with zero attached hydrogens (tertiary/aromatic N) is 2. The maximum absolute atomic E-state index is 2.42. The van der Waals surface area contributed by atoms with Crippen molar-refractivity contribution in [2.45, 2.75) is 0 Å². The third-order valence-electron chi connectivity index (χ3n) is 9.61. The number of fused-ring (bicyclic) bond motifs is 3. The van der Waals surface area contributed by atoms with Crippen LogP contribution in [0.15, 0.2) is 206 Å². The van der Waals surface area contributed by atoms with E-state index in [1.165, 1.54) is 55.2 Å². The first-order valence-electron chi connectivity index (χ1n) is 17.1. The van der Waals surface area contributed by atoms with E-state index in [2.05, 4.69) is 216 Å². The molecular weight excluding hydrogens is 605 g/mol. The maximum atomic E-state index is 2.42. The molecule has 0 fully saturated rings. The van der Waals surface area contributed by atoms with E-state index in [-0.39, 0.29) is 0 Å². The zero-order valence-electron chi connectivity index (χ0n) is 27.5. The van der Waals surface area contributed by atoms with Crippen LogP contribution in [-0.2, 0) is 0 Å². The van der Waals surface area contributed by atoms with Crippen LogP contribution in [0, 0.1) is 0 Å². The molecule has 1 aromatic heterocycles. The third kappa shape index (κ3) is 5.24. The number of para-hydroxylation sites is 3. The summed E-state index contributed by atoms with van der Waals surface area (Å²) in [6.07, 6.45) is 0. The number of hydrogen-bond donors (Lipinski definition) is 0. The number of aromatic nitrogens is 1. The molecule has 2 heteroatoms. The fraction of sp³-hybridized carbons (Fsp3) is 0. The van der Waals surface area contributed by atoms with Gasteiger partial charge in [0, 0.05) is 33.4 Å². The van der Waals surface area contributed by atoms with Crippen molar-refractivity contribution in [2.24, 2.45) is 0 Å². The minimum absolute atomic E-state index is 1.09. The minimum atomic E-state index is 1.09. The first-order chi connectivity index (χ1) is 24.8. The number of benzene rings is 8. The molecule has 0 aliphatic heterocycles. The average molecular weight is 639 g/mol. The monoisotopic (exact) mass is 638 g/mol. The van der Waals surface area contributed by atoms with Crippen LogP contribution in [0.3, 0.4) is 0 Å². The summed E-state index contributed by atoms with van der Waals surface area (Å²) in [5.74, 6) is 0. The lowest BCUT2D eigenvalue weighted by Crippen LogP contribution is -2.11. The van der Waals surface area contributed by atoms with Gasteiger partial charge in [-0.3, -0.25) is 0 Å². The Morgan fingerprint density at radius 2 is 0.840 bits per heavy atom. The van der Waals surface area contributed by atoms with Crippen LogP contribution in [0.4, 0.5) is 17.1 Å². The van der Waals surface area contributed by atoms with Crippen LogP contribution in [0.25, 0.3) is 60.9 Å². The standard InChI is InChI=1S/C48H34N2/c1-4-16-35(17-5-1)36-28-30-39(31-29-36)49(46-26-14-12-24-43(46)42-23-11-10-22-41(42)37-18-6-2-7-19-37)40-32-33-45-44-25-13-15-27-47(44)50(48(45)34-40)38-20-8-3-9-21-38/h1-34H. The molecular formula is C48H34N2. The molecule has 0 atom stereocenters. The fourth-order valence-corrected chi connectivity index (χ4v) is 7.30. The summed E-state index contributed by atoms with van der Waals surface area (Å²) < 4.78 is 2.39. The van der Waals surface area contributed by atoms with Crippen LogP contribution >= 0.6 is 0 Å². The van der Waals surface area contributed by atoms with E-state index in [1.54, 1.807) is 0 Å². The molecule has 236 valence electrons. The van der Waals surface area contributed by atoms with Gasteiger partial charge in [-0.15, -0.1) is 0 Å². The normalized spacial score (nSPS) is 11.2. The molecule has 9 rings (SSSR count). The Morgan fingerprint density at radius 3 is 1.58 bits per heavy atom. The van der Waals surface area contributed by atoms with Gasteiger partial charge >= 0.3 is 0 Å². The Balaban J connectivity index is 1.29. The predicted octanol–water partition coefficient (Wildman–Crippen LogP) is 13.3. The molecule has 0 amide bonds. The Morgan fingerprint density at radius 1 is 0.320 bits per heavy atom. The average Bonchev–Trinajstić information content (AvgIpc) is 3.53. The van der Waals surface area contributed by atoms with Crippen molar-refractivity contribution in [3.8, 4) is 39.1 Å². The van der Waals surface area contributed by atoms with Crippen LogP contribution in [-0.4, -0.2) is 4.57 Å². The summed E-state index contributed by atoms with van der Waals surface area (Å²) in [4.78, 5) is 2.42. The van der Waals surface area contributed by atoms with Crippen molar-refractivity contribution < 1.29 is 0 Å². The van der Waals surface area contributed by atoms with Gasteiger partial charge in [0.2, 0.25) is 0 Å². The lowest BCUT2D eigenvalue weighted by molar-refractivity contribution is 1.18. The highest BCUT2D eigenvalue weighted by Crippen LogP contribution is 2.45. The van der Waals surface area contributed by atoms with Gasteiger partial charge in [0.1, 0.15) is 0 Å². The van der Waals surface area contributed by atoms with E-state index >= 15 is 0 Å². The van der Waals surface area contributed by atoms with Gasteiger partial charge in [-0.2, -0.15) is 0 Å². The summed E-state index contributed by atoms with van der Waals surface area (Å²) in [5.41, 5.74) is 14.0. The SMILES string of the molecule is c1ccc(-c2ccc(N(c3ccc4c5ccccc5n(-c5ccccc5)c4c3)c3ccccc3-c3ccccc3-c3ccccc3)cc2)cc1. The third-order valence-corrected chi connectivity index (χ3v) is 9.61. The van der Waals surface area contributed by atoms with Gasteiger partial charge in [-0.1, -0.05) is 158 Å². The Kier molecular flexibility index (Phi) is 7.53. The van der Waals surface area contributed by atoms with E-state index in [1.807, 2.05) is 0 Å². The molecule has 50 heavy (non-hydrogen) atoms. The molecule has 0 saturated carbocycles. The molecule has 2 nitrogen and oxygen atoms in total. The molecule has 0 unspecified atom stereocenters. The molecule has 0 N–H and O–H groups in total. The molecule has 0 radical (unpaired) electrons. The minimum Gasteiger partial charge on any atom is -0.310 e. The highest BCUT2D eigenvalue weighted by molar-refractivity contribution is 6.10.